The van der Waals surface area contributed by atoms with Crippen molar-refractivity contribution in [1.29, 1.82) is 0 Å². The van der Waals surface area contributed by atoms with Crippen LogP contribution in [0.15, 0.2) is 78.3 Å². The van der Waals surface area contributed by atoms with Gasteiger partial charge < -0.3 is 15.0 Å². The molecule has 6 heteroatoms. The number of nitrogens with one attached hydrogen (secondary N) is 1. The van der Waals surface area contributed by atoms with Gasteiger partial charge in [-0.2, -0.15) is 0 Å². The predicted octanol–water partition coefficient (Wildman–Crippen LogP) is 4.34. The van der Waals surface area contributed by atoms with Crippen LogP contribution in [-0.2, 0) is 0 Å². The second-order valence-electron chi connectivity index (χ2n) is 7.88. The number of anilines is 1. The lowest BCUT2D eigenvalue weighted by Crippen LogP contribution is -2.51. The molecule has 3 heterocycles. The lowest BCUT2D eigenvalue weighted by Gasteiger charge is -2.41. The third-order valence-electron chi connectivity index (χ3n) is 6.09. The van der Waals surface area contributed by atoms with E-state index in [1.54, 1.807) is 17.5 Å². The van der Waals surface area contributed by atoms with E-state index in [1.807, 2.05) is 47.8 Å². The van der Waals surface area contributed by atoms with E-state index in [0.717, 1.165) is 42.0 Å². The molecule has 1 aliphatic rings. The maximum atomic E-state index is 13.4. The van der Waals surface area contributed by atoms with Crippen molar-refractivity contribution in [2.24, 2.45) is 0 Å². The van der Waals surface area contributed by atoms with Crippen LogP contribution in [0.3, 0.4) is 0 Å². The van der Waals surface area contributed by atoms with Crippen molar-refractivity contribution in [3.05, 3.63) is 88.7 Å². The van der Waals surface area contributed by atoms with Gasteiger partial charge in [0, 0.05) is 59.4 Å². The summed E-state index contributed by atoms with van der Waals surface area (Å²) in [4.78, 5) is 22.2. The standard InChI is InChI=1S/C25H25N3O2S/c29-24(20-17-26-21-10-5-4-9-19(20)21)25(30)23(22-11-6-16-31-22)28-14-12-27(13-15-28)18-7-2-1-3-8-18/h1-11,16-17,23,25-26,30H,12-15H2. The highest BCUT2D eigenvalue weighted by atomic mass is 32.1. The van der Waals surface area contributed by atoms with E-state index in [-0.39, 0.29) is 11.8 Å². The number of carbonyl (C=O) groups is 1. The molecular weight excluding hydrogens is 406 g/mol. The first-order chi connectivity index (χ1) is 15.2. The lowest BCUT2D eigenvalue weighted by molar-refractivity contribution is 0.0376. The van der Waals surface area contributed by atoms with E-state index in [1.165, 1.54) is 5.69 Å². The summed E-state index contributed by atoms with van der Waals surface area (Å²) in [6.07, 6.45) is 0.593. The quantitative estimate of drug-likeness (QED) is 0.446. The molecule has 0 bridgehead atoms. The minimum atomic E-state index is -1.12. The molecule has 2 N–H and O–H groups in total. The van der Waals surface area contributed by atoms with E-state index < -0.39 is 6.10 Å². The van der Waals surface area contributed by atoms with Gasteiger partial charge in [-0.3, -0.25) is 9.69 Å². The van der Waals surface area contributed by atoms with Crippen LogP contribution < -0.4 is 4.90 Å². The Kier molecular flexibility index (Phi) is 5.59. The van der Waals surface area contributed by atoms with Gasteiger partial charge in [-0.25, -0.2) is 0 Å². The van der Waals surface area contributed by atoms with Gasteiger partial charge in [-0.05, 0) is 29.6 Å². The molecule has 1 saturated heterocycles. The summed E-state index contributed by atoms with van der Waals surface area (Å²) in [7, 11) is 0. The zero-order valence-corrected chi connectivity index (χ0v) is 18.0. The Morgan fingerprint density at radius 3 is 2.42 bits per heavy atom. The number of aromatic nitrogens is 1. The van der Waals surface area contributed by atoms with Gasteiger partial charge in [-0.15, -0.1) is 11.3 Å². The van der Waals surface area contributed by atoms with Crippen molar-refractivity contribution in [2.75, 3.05) is 31.1 Å². The topological polar surface area (TPSA) is 59.6 Å². The largest absolute Gasteiger partial charge is 0.383 e. The third-order valence-corrected chi connectivity index (χ3v) is 7.03. The van der Waals surface area contributed by atoms with Gasteiger partial charge in [-0.1, -0.05) is 42.5 Å². The highest BCUT2D eigenvalue weighted by molar-refractivity contribution is 7.10. The molecule has 0 aliphatic carbocycles. The van der Waals surface area contributed by atoms with E-state index in [9.17, 15) is 9.90 Å². The molecule has 4 aromatic rings. The molecule has 2 aromatic heterocycles. The molecule has 0 radical (unpaired) electrons. The molecule has 31 heavy (non-hydrogen) atoms. The number of piperazine rings is 1. The summed E-state index contributed by atoms with van der Waals surface area (Å²) >= 11 is 1.59. The molecule has 158 valence electrons. The number of aliphatic hydroxyl groups excluding tert-OH is 1. The Labute approximate surface area is 185 Å². The molecular formula is C25H25N3O2S. The number of Topliss-reactive ketones (excluding diaryl/α,β-unsaturated/α-hetero) is 1. The maximum absolute atomic E-state index is 13.4. The molecule has 2 aromatic carbocycles. The van der Waals surface area contributed by atoms with Gasteiger partial charge in [0.2, 0.25) is 0 Å². The zero-order valence-electron chi connectivity index (χ0n) is 17.1. The number of aliphatic hydroxyl groups is 1. The summed E-state index contributed by atoms with van der Waals surface area (Å²) in [6, 6.07) is 21.8. The lowest BCUT2D eigenvalue weighted by atomic mass is 9.97. The van der Waals surface area contributed by atoms with E-state index in [2.05, 4.69) is 39.0 Å². The Hall–Kier alpha value is -2.93. The number of H-pyrrole nitrogens is 1. The number of para-hydroxylation sites is 2. The first kappa shape index (κ1) is 20.0. The smallest absolute Gasteiger partial charge is 0.195 e. The van der Waals surface area contributed by atoms with E-state index >= 15 is 0 Å². The number of hydrogen-bond acceptors (Lipinski definition) is 5. The fraction of sp³-hybridized carbons (Fsp3) is 0.240. The minimum Gasteiger partial charge on any atom is -0.383 e. The van der Waals surface area contributed by atoms with Gasteiger partial charge in [0.1, 0.15) is 6.10 Å². The summed E-state index contributed by atoms with van der Waals surface area (Å²) in [5.74, 6) is -0.235. The Morgan fingerprint density at radius 1 is 0.935 bits per heavy atom. The molecule has 1 fully saturated rings. The second kappa shape index (κ2) is 8.67. The Balaban J connectivity index is 1.39. The normalized spacial score (nSPS) is 17.0. The Bertz CT molecular complexity index is 1150. The molecule has 2 atom stereocenters. The second-order valence-corrected chi connectivity index (χ2v) is 8.86. The van der Waals surface area contributed by atoms with Crippen LogP contribution >= 0.6 is 11.3 Å². The number of fused-ring (bicyclic) bond motifs is 1. The summed E-state index contributed by atoms with van der Waals surface area (Å²) < 4.78 is 0. The number of hydrogen-bond donors (Lipinski definition) is 2. The number of thiophene rings is 1. The summed E-state index contributed by atoms with van der Waals surface area (Å²) in [5.41, 5.74) is 2.67. The van der Waals surface area contributed by atoms with Crippen LogP contribution in [0.5, 0.6) is 0 Å². The van der Waals surface area contributed by atoms with Crippen molar-refractivity contribution < 1.29 is 9.90 Å². The molecule has 5 rings (SSSR count). The molecule has 5 nitrogen and oxygen atoms in total. The number of carbonyl (C=O) groups excluding carboxylic acids is 1. The number of aromatic amines is 1. The maximum Gasteiger partial charge on any atom is 0.195 e. The number of nitrogens with zero attached hydrogens (tertiary/aromatic N) is 2. The summed E-state index contributed by atoms with van der Waals surface area (Å²) in [5, 5.41) is 14.2. The molecule has 0 spiro atoms. The van der Waals surface area contributed by atoms with Crippen LogP contribution in [0.4, 0.5) is 5.69 Å². The minimum absolute atomic E-state index is 0.235. The van der Waals surface area contributed by atoms with Crippen LogP contribution in [0, 0.1) is 0 Å². The van der Waals surface area contributed by atoms with Crippen LogP contribution in [0.1, 0.15) is 21.3 Å². The number of ketones is 1. The predicted molar refractivity (Wildman–Crippen MR) is 126 cm³/mol. The third kappa shape index (κ3) is 3.90. The molecule has 0 saturated carbocycles. The first-order valence-electron chi connectivity index (χ1n) is 10.6. The van der Waals surface area contributed by atoms with E-state index in [4.69, 9.17) is 0 Å². The molecule has 0 amide bonds. The highest BCUT2D eigenvalue weighted by Gasteiger charge is 2.36. The van der Waals surface area contributed by atoms with Crippen molar-refractivity contribution in [1.82, 2.24) is 9.88 Å². The first-order valence-corrected chi connectivity index (χ1v) is 11.5. The van der Waals surface area contributed by atoms with Crippen molar-refractivity contribution in [3.63, 3.8) is 0 Å². The van der Waals surface area contributed by atoms with Crippen molar-refractivity contribution in [3.8, 4) is 0 Å². The SMILES string of the molecule is O=C(c1c[nH]c2ccccc12)C(O)C(c1cccs1)N1CCN(c2ccccc2)CC1. The van der Waals surface area contributed by atoms with Gasteiger partial charge in [0.25, 0.3) is 0 Å². The van der Waals surface area contributed by atoms with E-state index in [0.29, 0.717) is 5.56 Å². The van der Waals surface area contributed by atoms with Crippen LogP contribution in [0.25, 0.3) is 10.9 Å². The molecule has 2 unspecified atom stereocenters. The fourth-order valence-electron chi connectivity index (χ4n) is 4.47. The highest BCUT2D eigenvalue weighted by Crippen LogP contribution is 2.32. The Morgan fingerprint density at radius 2 is 1.68 bits per heavy atom. The monoisotopic (exact) mass is 431 g/mol. The van der Waals surface area contributed by atoms with Gasteiger partial charge >= 0.3 is 0 Å². The average molecular weight is 432 g/mol. The zero-order chi connectivity index (χ0) is 21.2. The van der Waals surface area contributed by atoms with Crippen molar-refractivity contribution in [2.45, 2.75) is 12.1 Å². The molecule has 1 aliphatic heterocycles. The fourth-order valence-corrected chi connectivity index (χ4v) is 5.36. The van der Waals surface area contributed by atoms with Crippen molar-refractivity contribution >= 4 is 33.7 Å². The average Bonchev–Trinajstić information content (AvgIpc) is 3.50. The summed E-state index contributed by atoms with van der Waals surface area (Å²) in [6.45, 7) is 3.30. The number of rotatable bonds is 6. The van der Waals surface area contributed by atoms with Crippen LogP contribution in [-0.4, -0.2) is 53.1 Å². The van der Waals surface area contributed by atoms with Gasteiger partial charge in [0.15, 0.2) is 5.78 Å². The van der Waals surface area contributed by atoms with Crippen LogP contribution in [0.2, 0.25) is 0 Å². The van der Waals surface area contributed by atoms with Gasteiger partial charge in [0.05, 0.1) is 6.04 Å². The number of benzene rings is 2.